The third kappa shape index (κ3) is 3.89. The second-order valence-corrected chi connectivity index (χ2v) is 11.3. The molecule has 0 radical (unpaired) electrons. The van der Waals surface area contributed by atoms with Crippen LogP contribution in [0.1, 0.15) is 12.5 Å². The first-order chi connectivity index (χ1) is 12.5. The highest BCUT2D eigenvalue weighted by molar-refractivity contribution is 9.10. The molecule has 0 saturated carbocycles. The van der Waals surface area contributed by atoms with Gasteiger partial charge in [-0.1, -0.05) is 101 Å². The van der Waals surface area contributed by atoms with E-state index in [9.17, 15) is 4.79 Å². The maximum atomic E-state index is 12.1. The van der Waals surface area contributed by atoms with Gasteiger partial charge in [-0.15, -0.1) is 0 Å². The van der Waals surface area contributed by atoms with Crippen LogP contribution >= 0.6 is 22.1 Å². The van der Waals surface area contributed by atoms with E-state index in [-0.39, 0.29) is 0 Å². The summed E-state index contributed by atoms with van der Waals surface area (Å²) < 4.78 is 0.972. The van der Waals surface area contributed by atoms with Crippen LogP contribution < -0.4 is 15.7 Å². The maximum Gasteiger partial charge on any atom is 0.144 e. The van der Waals surface area contributed by atoms with E-state index in [4.69, 9.17) is 11.8 Å². The van der Waals surface area contributed by atoms with Gasteiger partial charge in [0, 0.05) is 15.1 Å². The van der Waals surface area contributed by atoms with E-state index in [0.717, 1.165) is 26.9 Å². The SMILES string of the molecule is C[C@](C=O)(NP(=S)(c1ccccc1)c1ccccc1)c1ccc(Br)cc1. The molecular weight excluding hydrogens is 425 g/mol. The number of carbonyl (C=O) groups excluding carboxylic acids is 1. The number of carbonyl (C=O) groups is 1. The van der Waals surface area contributed by atoms with E-state index in [2.05, 4.69) is 21.0 Å². The van der Waals surface area contributed by atoms with Crippen molar-refractivity contribution in [2.75, 3.05) is 0 Å². The lowest BCUT2D eigenvalue weighted by atomic mass is 9.95. The number of aldehydes is 1. The smallest absolute Gasteiger partial charge is 0.144 e. The highest BCUT2D eigenvalue weighted by atomic mass is 79.9. The van der Waals surface area contributed by atoms with E-state index in [1.807, 2.05) is 91.9 Å². The summed E-state index contributed by atoms with van der Waals surface area (Å²) >= 11 is 9.65. The number of hydrogen-bond donors (Lipinski definition) is 1. The van der Waals surface area contributed by atoms with Crippen molar-refractivity contribution in [3.63, 3.8) is 0 Å². The quantitative estimate of drug-likeness (QED) is 0.449. The minimum atomic E-state index is -2.40. The van der Waals surface area contributed by atoms with Crippen LogP contribution in [-0.2, 0) is 22.1 Å². The Morgan fingerprint density at radius 1 is 0.885 bits per heavy atom. The average Bonchev–Trinajstić information content (AvgIpc) is 2.69. The summed E-state index contributed by atoms with van der Waals surface area (Å²) in [5, 5.41) is 5.63. The molecule has 1 atom stereocenters. The van der Waals surface area contributed by atoms with Crippen molar-refractivity contribution in [2.24, 2.45) is 0 Å². The first-order valence-electron chi connectivity index (χ1n) is 8.21. The van der Waals surface area contributed by atoms with Gasteiger partial charge in [-0.2, -0.15) is 0 Å². The Balaban J connectivity index is 2.12. The zero-order chi connectivity index (χ0) is 18.6. The molecule has 0 saturated heterocycles. The fourth-order valence-electron chi connectivity index (χ4n) is 2.84. The van der Waals surface area contributed by atoms with Crippen molar-refractivity contribution < 1.29 is 4.79 Å². The molecule has 5 heteroatoms. The Hall–Kier alpha value is -1.58. The number of nitrogens with one attached hydrogen (secondary N) is 1. The van der Waals surface area contributed by atoms with Crippen LogP contribution in [0.3, 0.4) is 0 Å². The molecule has 0 unspecified atom stereocenters. The van der Waals surface area contributed by atoms with Crippen LogP contribution in [-0.4, -0.2) is 6.29 Å². The molecule has 1 N–H and O–H groups in total. The Bertz CT molecular complexity index is 888. The van der Waals surface area contributed by atoms with Gasteiger partial charge in [0.25, 0.3) is 0 Å². The Labute approximate surface area is 167 Å². The number of halogens is 1. The third-order valence-electron chi connectivity index (χ3n) is 4.31. The molecule has 26 heavy (non-hydrogen) atoms. The molecule has 0 heterocycles. The van der Waals surface area contributed by atoms with Gasteiger partial charge in [0.1, 0.15) is 11.8 Å². The summed E-state index contributed by atoms with van der Waals surface area (Å²) in [5.74, 6) is 0. The molecule has 0 aromatic heterocycles. The number of hydrogen-bond acceptors (Lipinski definition) is 2. The van der Waals surface area contributed by atoms with E-state index in [1.54, 1.807) is 0 Å². The van der Waals surface area contributed by atoms with Gasteiger partial charge in [-0.3, -0.25) is 5.09 Å². The monoisotopic (exact) mass is 443 g/mol. The molecular formula is C21H19BrNOPS. The second kappa shape index (κ2) is 7.98. The molecule has 2 nitrogen and oxygen atoms in total. The van der Waals surface area contributed by atoms with Crippen LogP contribution in [0.5, 0.6) is 0 Å². The predicted molar refractivity (Wildman–Crippen MR) is 117 cm³/mol. The summed E-state index contributed by atoms with van der Waals surface area (Å²) in [6.45, 7) is 1.89. The van der Waals surface area contributed by atoms with Crippen LogP contribution in [0.15, 0.2) is 89.4 Å². The van der Waals surface area contributed by atoms with Gasteiger partial charge in [0.05, 0.1) is 6.19 Å². The first kappa shape index (κ1) is 19.2. The summed E-state index contributed by atoms with van der Waals surface area (Å²) in [7, 11) is 0. The predicted octanol–water partition coefficient (Wildman–Crippen LogP) is 4.50. The Morgan fingerprint density at radius 2 is 1.35 bits per heavy atom. The molecule has 3 aromatic rings. The van der Waals surface area contributed by atoms with E-state index >= 15 is 0 Å². The fraction of sp³-hybridized carbons (Fsp3) is 0.0952. The van der Waals surface area contributed by atoms with Crippen molar-refractivity contribution in [3.05, 3.63) is 95.0 Å². The van der Waals surface area contributed by atoms with Gasteiger partial charge >= 0.3 is 0 Å². The highest BCUT2D eigenvalue weighted by Crippen LogP contribution is 2.43. The lowest BCUT2D eigenvalue weighted by Gasteiger charge is -2.34. The van der Waals surface area contributed by atoms with Gasteiger partial charge in [0.15, 0.2) is 0 Å². The molecule has 3 rings (SSSR count). The summed E-state index contributed by atoms with van der Waals surface area (Å²) in [6, 6.07) is 27.8. The molecule has 0 spiro atoms. The molecule has 0 aliphatic heterocycles. The summed E-state index contributed by atoms with van der Waals surface area (Å²) in [4.78, 5) is 12.1. The zero-order valence-electron chi connectivity index (χ0n) is 14.3. The summed E-state index contributed by atoms with van der Waals surface area (Å²) in [5.41, 5.74) is -0.00108. The van der Waals surface area contributed by atoms with Gasteiger partial charge in [0.2, 0.25) is 0 Å². The van der Waals surface area contributed by atoms with Crippen LogP contribution in [0.25, 0.3) is 0 Å². The molecule has 132 valence electrons. The second-order valence-electron chi connectivity index (χ2n) is 6.22. The molecule has 0 aliphatic rings. The topological polar surface area (TPSA) is 29.1 Å². The molecule has 0 aliphatic carbocycles. The largest absolute Gasteiger partial charge is 0.301 e. The molecule has 0 fully saturated rings. The van der Waals surface area contributed by atoms with Gasteiger partial charge in [-0.05, 0) is 24.6 Å². The van der Waals surface area contributed by atoms with Crippen LogP contribution in [0.4, 0.5) is 0 Å². The number of benzene rings is 3. The minimum absolute atomic E-state index is 0.886. The van der Waals surface area contributed by atoms with Crippen LogP contribution in [0.2, 0.25) is 0 Å². The minimum Gasteiger partial charge on any atom is -0.301 e. The maximum absolute atomic E-state index is 12.1. The number of rotatable bonds is 6. The van der Waals surface area contributed by atoms with Crippen molar-refractivity contribution >= 4 is 50.8 Å². The molecule has 3 aromatic carbocycles. The third-order valence-corrected chi connectivity index (χ3v) is 9.21. The lowest BCUT2D eigenvalue weighted by Crippen LogP contribution is -2.43. The van der Waals surface area contributed by atoms with Gasteiger partial charge in [-0.25, -0.2) is 0 Å². The zero-order valence-corrected chi connectivity index (χ0v) is 17.6. The Morgan fingerprint density at radius 3 is 1.77 bits per heavy atom. The fourth-order valence-corrected chi connectivity index (χ4v) is 6.98. The van der Waals surface area contributed by atoms with E-state index in [0.29, 0.717) is 0 Å². The van der Waals surface area contributed by atoms with E-state index in [1.165, 1.54) is 0 Å². The first-order valence-corrected chi connectivity index (χ1v) is 11.8. The van der Waals surface area contributed by atoms with Crippen molar-refractivity contribution in [3.8, 4) is 0 Å². The van der Waals surface area contributed by atoms with Crippen molar-refractivity contribution in [2.45, 2.75) is 12.5 Å². The molecule has 0 bridgehead atoms. The lowest BCUT2D eigenvalue weighted by molar-refractivity contribution is -0.112. The van der Waals surface area contributed by atoms with Gasteiger partial charge < -0.3 is 4.79 Å². The van der Waals surface area contributed by atoms with Crippen molar-refractivity contribution in [1.82, 2.24) is 5.09 Å². The normalized spacial score (nSPS) is 13.8. The standard InChI is InChI=1S/C21H19BrNOPS/c1-21(16-24,17-12-14-18(22)15-13-17)23-25(26,19-8-4-2-5-9-19)20-10-6-3-7-11-20/h2-16H,1H3,(H,23,26)/t21-/m1/s1. The van der Waals surface area contributed by atoms with Crippen LogP contribution in [0, 0.1) is 0 Å². The average molecular weight is 444 g/mol. The van der Waals surface area contributed by atoms with E-state index < -0.39 is 11.7 Å². The molecule has 0 amide bonds. The van der Waals surface area contributed by atoms with Crippen molar-refractivity contribution in [1.29, 1.82) is 0 Å². The highest BCUT2D eigenvalue weighted by Gasteiger charge is 2.34. The Kier molecular flexibility index (Phi) is 5.89. The summed E-state index contributed by atoms with van der Waals surface area (Å²) in [6.07, 6.45) is -1.45.